The molecule has 0 radical (unpaired) electrons. The van der Waals surface area contributed by atoms with E-state index in [9.17, 15) is 10.1 Å². The summed E-state index contributed by atoms with van der Waals surface area (Å²) in [5.41, 5.74) is 12.8. The van der Waals surface area contributed by atoms with Crippen LogP contribution in [0.2, 0.25) is 0 Å². The lowest BCUT2D eigenvalue weighted by Crippen LogP contribution is -2.20. The number of pyridine rings is 2. The molecule has 3 rings (SSSR count). The summed E-state index contributed by atoms with van der Waals surface area (Å²) < 4.78 is 11.3. The predicted octanol–water partition coefficient (Wildman–Crippen LogP) is 3.87. The first-order valence-electron chi connectivity index (χ1n) is 9.14. The van der Waals surface area contributed by atoms with Crippen molar-refractivity contribution in [2.75, 3.05) is 13.7 Å². The highest BCUT2D eigenvalue weighted by Gasteiger charge is 2.26. The van der Waals surface area contributed by atoms with Crippen molar-refractivity contribution in [3.8, 4) is 28.8 Å². The molecule has 0 fully saturated rings. The average Bonchev–Trinajstić information content (AvgIpc) is 2.74. The Bertz CT molecular complexity index is 1200. The summed E-state index contributed by atoms with van der Waals surface area (Å²) >= 11 is 0. The molecule has 9 heteroatoms. The van der Waals surface area contributed by atoms with Gasteiger partial charge in [0, 0.05) is 17.3 Å². The maximum absolute atomic E-state index is 12.9. The zero-order chi connectivity index (χ0) is 21.8. The lowest BCUT2D eigenvalue weighted by molar-refractivity contribution is 0.0950. The molecule has 2 heterocycles. The van der Waals surface area contributed by atoms with Crippen LogP contribution in [-0.2, 0) is 0 Å². The van der Waals surface area contributed by atoms with Gasteiger partial charge in [0.15, 0.2) is 0 Å². The molecule has 9 nitrogen and oxygen atoms in total. The molecule has 0 atom stereocenters. The van der Waals surface area contributed by atoms with E-state index < -0.39 is 5.91 Å². The standard InChI is InChI=1S/C21H20N6O3/c1-5-30-21-18-17(14-7-6-13(9-22)8-15(14)29-4)16(20(28)26-27-23)12(3)25-19(18)11(2)10-24-21/h6-8,10H,5H2,1-4H3,(H2,23,26,28). The topological polar surface area (TPSA) is 133 Å². The molecule has 1 amide bonds. The normalized spacial score (nSPS) is 10.4. The summed E-state index contributed by atoms with van der Waals surface area (Å²) in [6.07, 6.45) is 1.67. The molecule has 2 aromatic heterocycles. The predicted molar refractivity (Wildman–Crippen MR) is 109 cm³/mol. The van der Waals surface area contributed by atoms with Gasteiger partial charge in [-0.25, -0.2) is 10.4 Å². The summed E-state index contributed by atoms with van der Waals surface area (Å²) in [5, 5.41) is 12.8. The molecule has 2 N–H and O–H groups in total. The van der Waals surface area contributed by atoms with Crippen molar-refractivity contribution in [1.82, 2.24) is 15.4 Å². The van der Waals surface area contributed by atoms with Gasteiger partial charge in [-0.3, -0.25) is 9.78 Å². The van der Waals surface area contributed by atoms with Gasteiger partial charge in [0.1, 0.15) is 5.75 Å². The zero-order valence-electron chi connectivity index (χ0n) is 17.0. The number of nitrogens with one attached hydrogen (secondary N) is 2. The number of carbonyl (C=O) groups is 1. The van der Waals surface area contributed by atoms with Crippen molar-refractivity contribution in [2.24, 2.45) is 5.22 Å². The van der Waals surface area contributed by atoms with Gasteiger partial charge in [-0.1, -0.05) is 5.22 Å². The Kier molecular flexibility index (Phi) is 5.88. The molecular formula is C21H20N6O3. The quantitative estimate of drug-likeness (QED) is 0.473. The molecule has 0 unspecified atom stereocenters. The zero-order valence-corrected chi connectivity index (χ0v) is 17.0. The van der Waals surface area contributed by atoms with Crippen LogP contribution in [0.4, 0.5) is 0 Å². The van der Waals surface area contributed by atoms with Crippen molar-refractivity contribution >= 4 is 16.8 Å². The highest BCUT2D eigenvalue weighted by molar-refractivity contribution is 6.12. The Labute approximate surface area is 173 Å². The Balaban J connectivity index is 2.56. The van der Waals surface area contributed by atoms with Gasteiger partial charge in [0.25, 0.3) is 5.91 Å². The van der Waals surface area contributed by atoms with E-state index in [1.54, 1.807) is 31.3 Å². The number of rotatable bonds is 6. The minimum Gasteiger partial charge on any atom is -0.496 e. The van der Waals surface area contributed by atoms with Crippen LogP contribution in [0.1, 0.15) is 34.1 Å². The number of benzene rings is 1. The van der Waals surface area contributed by atoms with E-state index in [4.69, 9.17) is 15.0 Å². The van der Waals surface area contributed by atoms with E-state index in [1.807, 2.05) is 13.8 Å². The van der Waals surface area contributed by atoms with Gasteiger partial charge in [0.05, 0.1) is 47.5 Å². The molecule has 152 valence electrons. The van der Waals surface area contributed by atoms with E-state index in [2.05, 4.69) is 26.7 Å². The van der Waals surface area contributed by atoms with E-state index in [0.717, 1.165) is 5.56 Å². The van der Waals surface area contributed by atoms with Gasteiger partial charge in [-0.05, 0) is 44.5 Å². The lowest BCUT2D eigenvalue weighted by atomic mass is 9.92. The number of fused-ring (bicyclic) bond motifs is 1. The maximum Gasteiger partial charge on any atom is 0.275 e. The molecule has 0 bridgehead atoms. The maximum atomic E-state index is 12.9. The molecule has 30 heavy (non-hydrogen) atoms. The van der Waals surface area contributed by atoms with Crippen LogP contribution >= 0.6 is 0 Å². The monoisotopic (exact) mass is 404 g/mol. The molecule has 0 aliphatic rings. The number of nitrogens with zero attached hydrogens (tertiary/aromatic N) is 4. The highest BCUT2D eigenvalue weighted by atomic mass is 16.5. The minimum absolute atomic E-state index is 0.217. The number of ether oxygens (including phenoxy) is 2. The summed E-state index contributed by atoms with van der Waals surface area (Å²) in [6, 6.07) is 7.02. The Morgan fingerprint density at radius 2 is 2.13 bits per heavy atom. The van der Waals surface area contributed by atoms with Crippen molar-refractivity contribution < 1.29 is 14.3 Å². The minimum atomic E-state index is -0.595. The number of hydrogen-bond donors (Lipinski definition) is 2. The SMILES string of the molecule is CCOc1ncc(C)c2nc(C)c(C(=O)NN=N)c(-c3ccc(C#N)cc3OC)c12. The average molecular weight is 404 g/mol. The fourth-order valence-electron chi connectivity index (χ4n) is 3.35. The van der Waals surface area contributed by atoms with Crippen molar-refractivity contribution in [2.45, 2.75) is 20.8 Å². The first-order valence-corrected chi connectivity index (χ1v) is 9.14. The first kappa shape index (κ1) is 20.7. The van der Waals surface area contributed by atoms with Crippen molar-refractivity contribution in [1.29, 1.82) is 10.8 Å². The van der Waals surface area contributed by atoms with Crippen LogP contribution in [0.3, 0.4) is 0 Å². The third kappa shape index (κ3) is 3.51. The number of methoxy groups -OCH3 is 1. The number of hydrogen-bond acceptors (Lipinski definition) is 8. The van der Waals surface area contributed by atoms with Crippen LogP contribution in [0.5, 0.6) is 11.6 Å². The molecule has 0 saturated heterocycles. The van der Waals surface area contributed by atoms with Crippen LogP contribution in [0.15, 0.2) is 29.6 Å². The summed E-state index contributed by atoms with van der Waals surface area (Å²) in [4.78, 5) is 21.9. The molecule has 0 aliphatic heterocycles. The molecule has 0 spiro atoms. The van der Waals surface area contributed by atoms with Crippen LogP contribution in [-0.4, -0.2) is 29.6 Å². The molecule has 0 aliphatic carbocycles. The van der Waals surface area contributed by atoms with E-state index >= 15 is 0 Å². The molecule has 0 saturated carbocycles. The molecule has 1 aromatic carbocycles. The number of amides is 1. The summed E-state index contributed by atoms with van der Waals surface area (Å²) in [6.45, 7) is 5.78. The Hall–Kier alpha value is -4.06. The van der Waals surface area contributed by atoms with Crippen LogP contribution in [0.25, 0.3) is 22.0 Å². The third-order valence-corrected chi connectivity index (χ3v) is 4.61. The third-order valence-electron chi connectivity index (χ3n) is 4.61. The highest BCUT2D eigenvalue weighted by Crippen LogP contribution is 2.42. The van der Waals surface area contributed by atoms with Gasteiger partial charge < -0.3 is 9.47 Å². The van der Waals surface area contributed by atoms with Gasteiger partial charge >= 0.3 is 0 Å². The number of nitriles is 1. The second kappa shape index (κ2) is 8.53. The van der Waals surface area contributed by atoms with Crippen LogP contribution < -0.4 is 14.9 Å². The van der Waals surface area contributed by atoms with E-state index in [1.165, 1.54) is 7.11 Å². The van der Waals surface area contributed by atoms with E-state index in [0.29, 0.717) is 51.5 Å². The Morgan fingerprint density at radius 3 is 2.77 bits per heavy atom. The second-order valence-electron chi connectivity index (χ2n) is 6.43. The lowest BCUT2D eigenvalue weighted by Gasteiger charge is -2.19. The van der Waals surface area contributed by atoms with Gasteiger partial charge in [-0.15, -0.1) is 0 Å². The summed E-state index contributed by atoms with van der Waals surface area (Å²) in [5.74, 6) is 0.132. The van der Waals surface area contributed by atoms with Crippen LogP contribution in [0, 0.1) is 30.7 Å². The van der Waals surface area contributed by atoms with Crippen molar-refractivity contribution in [3.05, 3.63) is 46.8 Å². The fourth-order valence-corrected chi connectivity index (χ4v) is 3.35. The number of aryl methyl sites for hydroxylation is 2. The molecular weight excluding hydrogens is 384 g/mol. The first-order chi connectivity index (χ1) is 14.5. The second-order valence-corrected chi connectivity index (χ2v) is 6.43. The fraction of sp³-hybridized carbons (Fsp3) is 0.238. The summed E-state index contributed by atoms with van der Waals surface area (Å²) in [7, 11) is 1.49. The largest absolute Gasteiger partial charge is 0.496 e. The van der Waals surface area contributed by atoms with Gasteiger partial charge in [-0.2, -0.15) is 10.8 Å². The number of carbonyl (C=O) groups excluding carboxylic acids is 1. The molecule has 3 aromatic rings. The van der Waals surface area contributed by atoms with E-state index in [-0.39, 0.29) is 5.56 Å². The Morgan fingerprint density at radius 1 is 1.37 bits per heavy atom. The number of aromatic nitrogens is 2. The van der Waals surface area contributed by atoms with Gasteiger partial charge in [0.2, 0.25) is 5.88 Å². The van der Waals surface area contributed by atoms with Crippen molar-refractivity contribution in [3.63, 3.8) is 0 Å². The smallest absolute Gasteiger partial charge is 0.275 e.